The molecule has 2 aliphatic rings. The summed E-state index contributed by atoms with van der Waals surface area (Å²) >= 11 is 1.59. The highest BCUT2D eigenvalue weighted by Gasteiger charge is 2.38. The van der Waals surface area contributed by atoms with E-state index in [1.54, 1.807) is 17.5 Å². The zero-order chi connectivity index (χ0) is 19.7. The molecule has 2 fully saturated rings. The van der Waals surface area contributed by atoms with Crippen LogP contribution in [0.1, 0.15) is 25.0 Å². The summed E-state index contributed by atoms with van der Waals surface area (Å²) in [5.74, 6) is 0.839. The molecule has 2 aliphatic heterocycles. The van der Waals surface area contributed by atoms with E-state index in [1.807, 2.05) is 31.3 Å². The summed E-state index contributed by atoms with van der Waals surface area (Å²) in [4.78, 5) is 17.1. The molecular weight excluding hydrogens is 382 g/mol. The molecule has 0 atom stereocenters. The van der Waals surface area contributed by atoms with Crippen LogP contribution < -0.4 is 10.2 Å². The molecule has 5 rings (SSSR count). The lowest BCUT2D eigenvalue weighted by Gasteiger charge is -2.39. The Labute approximate surface area is 175 Å². The molecule has 0 radical (unpaired) electrons. The van der Waals surface area contributed by atoms with Gasteiger partial charge in [-0.15, -0.1) is 0 Å². The van der Waals surface area contributed by atoms with Gasteiger partial charge in [-0.2, -0.15) is 0 Å². The third-order valence-corrected chi connectivity index (χ3v) is 6.91. The van der Waals surface area contributed by atoms with Gasteiger partial charge in [0.2, 0.25) is 0 Å². The highest BCUT2D eigenvalue weighted by molar-refractivity contribution is 7.18. The molecular formula is C22H25N5OS. The summed E-state index contributed by atoms with van der Waals surface area (Å²) < 4.78 is 5.67. The van der Waals surface area contributed by atoms with Crippen LogP contribution in [0, 0.1) is 12.3 Å². The number of nitrogens with zero attached hydrogens (tertiary/aromatic N) is 4. The maximum Gasteiger partial charge on any atom is 0.188 e. The first kappa shape index (κ1) is 18.5. The number of anilines is 3. The van der Waals surface area contributed by atoms with Gasteiger partial charge >= 0.3 is 0 Å². The fraction of sp³-hybridized carbons (Fsp3) is 0.409. The Balaban J connectivity index is 1.31. The van der Waals surface area contributed by atoms with Gasteiger partial charge in [-0.05, 0) is 49.8 Å². The molecule has 3 aromatic heterocycles. The predicted octanol–water partition coefficient (Wildman–Crippen LogP) is 4.66. The van der Waals surface area contributed by atoms with Crippen LogP contribution in [0.4, 0.5) is 16.6 Å². The predicted molar refractivity (Wildman–Crippen MR) is 117 cm³/mol. The van der Waals surface area contributed by atoms with Gasteiger partial charge in [0, 0.05) is 49.5 Å². The summed E-state index contributed by atoms with van der Waals surface area (Å²) in [6, 6.07) is 10.2. The molecule has 150 valence electrons. The Morgan fingerprint density at radius 2 is 2.03 bits per heavy atom. The number of aryl methyl sites for hydroxylation is 1. The number of nitrogens with one attached hydrogen (secondary N) is 1. The smallest absolute Gasteiger partial charge is 0.188 e. The van der Waals surface area contributed by atoms with Crippen molar-refractivity contribution < 1.29 is 4.74 Å². The van der Waals surface area contributed by atoms with Crippen LogP contribution in [0.25, 0.3) is 10.6 Å². The second kappa shape index (κ2) is 7.72. The average Bonchev–Trinajstić information content (AvgIpc) is 3.39. The molecule has 5 heterocycles. The second-order valence-corrected chi connectivity index (χ2v) is 9.04. The molecule has 6 nitrogen and oxygen atoms in total. The van der Waals surface area contributed by atoms with Gasteiger partial charge in [0.15, 0.2) is 5.13 Å². The molecule has 0 saturated carbocycles. The highest BCUT2D eigenvalue weighted by atomic mass is 32.1. The first-order chi connectivity index (χ1) is 14.2. The summed E-state index contributed by atoms with van der Waals surface area (Å²) in [5.41, 5.74) is 3.60. The van der Waals surface area contributed by atoms with Gasteiger partial charge in [0.05, 0.1) is 17.2 Å². The maximum absolute atomic E-state index is 5.67. The topological polar surface area (TPSA) is 63.2 Å². The second-order valence-electron chi connectivity index (χ2n) is 8.01. The fourth-order valence-electron chi connectivity index (χ4n) is 4.25. The number of ether oxygens (including phenoxy) is 1. The van der Waals surface area contributed by atoms with Crippen molar-refractivity contribution in [1.82, 2.24) is 15.0 Å². The number of pyridine rings is 2. The van der Waals surface area contributed by atoms with Crippen LogP contribution in [-0.2, 0) is 4.74 Å². The summed E-state index contributed by atoms with van der Waals surface area (Å²) in [6.45, 7) is 6.06. The van der Waals surface area contributed by atoms with Gasteiger partial charge in [0.1, 0.15) is 5.82 Å². The lowest BCUT2D eigenvalue weighted by atomic mass is 9.78. The molecule has 1 N–H and O–H groups in total. The highest BCUT2D eigenvalue weighted by Crippen LogP contribution is 2.40. The maximum atomic E-state index is 5.67. The van der Waals surface area contributed by atoms with Crippen LogP contribution >= 0.6 is 11.3 Å². The zero-order valence-corrected chi connectivity index (χ0v) is 17.4. The van der Waals surface area contributed by atoms with Crippen molar-refractivity contribution in [2.24, 2.45) is 5.41 Å². The van der Waals surface area contributed by atoms with E-state index in [2.05, 4.69) is 37.3 Å². The van der Waals surface area contributed by atoms with Crippen LogP contribution in [0.3, 0.4) is 0 Å². The molecule has 0 aliphatic carbocycles. The Morgan fingerprint density at radius 1 is 1.14 bits per heavy atom. The molecule has 0 unspecified atom stereocenters. The number of rotatable bonds is 4. The third kappa shape index (κ3) is 3.97. The normalized spacial score (nSPS) is 18.3. The third-order valence-electron chi connectivity index (χ3n) is 5.97. The number of aromatic nitrogens is 3. The Kier molecular flexibility index (Phi) is 4.93. The Hall–Kier alpha value is -2.51. The summed E-state index contributed by atoms with van der Waals surface area (Å²) in [7, 11) is 0. The van der Waals surface area contributed by atoms with Gasteiger partial charge in [-0.3, -0.25) is 4.98 Å². The SMILES string of the molecule is Cc1cc(N2CCC3(CCOC3)CC2)cc(Nc2ncc(-c3ccccn3)s2)n1. The van der Waals surface area contributed by atoms with Crippen LogP contribution in [0.2, 0.25) is 0 Å². The largest absolute Gasteiger partial charge is 0.381 e. The molecule has 0 aromatic carbocycles. The molecule has 1 spiro atoms. The fourth-order valence-corrected chi connectivity index (χ4v) is 5.05. The first-order valence-electron chi connectivity index (χ1n) is 10.1. The van der Waals surface area contributed by atoms with Crippen molar-refractivity contribution in [3.63, 3.8) is 0 Å². The van der Waals surface area contributed by atoms with Crippen LogP contribution in [0.5, 0.6) is 0 Å². The van der Waals surface area contributed by atoms with E-state index in [0.29, 0.717) is 5.41 Å². The van der Waals surface area contributed by atoms with Crippen molar-refractivity contribution in [2.75, 3.05) is 36.5 Å². The number of hydrogen-bond acceptors (Lipinski definition) is 7. The molecule has 29 heavy (non-hydrogen) atoms. The van der Waals surface area contributed by atoms with E-state index >= 15 is 0 Å². The Morgan fingerprint density at radius 3 is 2.79 bits per heavy atom. The standard InChI is InChI=1S/C22H25N5OS/c1-16-12-17(27-9-5-22(6-10-27)7-11-28-15-22)13-20(25-16)26-21-24-14-19(29-21)18-4-2-3-8-23-18/h2-4,8,12-14H,5-7,9-11,15H2,1H3,(H,24,25,26). The van der Waals surface area contributed by atoms with Gasteiger partial charge < -0.3 is 15.0 Å². The van der Waals surface area contributed by atoms with Gasteiger partial charge in [-0.1, -0.05) is 17.4 Å². The average molecular weight is 408 g/mol. The van der Waals surface area contributed by atoms with E-state index in [0.717, 1.165) is 53.5 Å². The van der Waals surface area contributed by atoms with Crippen LogP contribution in [0.15, 0.2) is 42.7 Å². The zero-order valence-electron chi connectivity index (χ0n) is 16.6. The van der Waals surface area contributed by atoms with E-state index in [1.165, 1.54) is 24.9 Å². The van der Waals surface area contributed by atoms with E-state index in [4.69, 9.17) is 4.74 Å². The number of hydrogen-bond donors (Lipinski definition) is 1. The van der Waals surface area contributed by atoms with E-state index in [-0.39, 0.29) is 0 Å². The lowest BCUT2D eigenvalue weighted by molar-refractivity contribution is 0.134. The van der Waals surface area contributed by atoms with Gasteiger partial charge in [0.25, 0.3) is 0 Å². The molecule has 2 saturated heterocycles. The minimum Gasteiger partial charge on any atom is -0.381 e. The summed E-state index contributed by atoms with van der Waals surface area (Å²) in [6.07, 6.45) is 7.29. The molecule has 3 aromatic rings. The minimum absolute atomic E-state index is 0.419. The Bertz CT molecular complexity index is 974. The van der Waals surface area contributed by atoms with Crippen molar-refractivity contribution >= 4 is 28.0 Å². The molecule has 7 heteroatoms. The monoisotopic (exact) mass is 407 g/mol. The first-order valence-corrected chi connectivity index (χ1v) is 11.0. The summed E-state index contributed by atoms with van der Waals surface area (Å²) in [5, 5.41) is 4.21. The quantitative estimate of drug-likeness (QED) is 0.679. The van der Waals surface area contributed by atoms with Crippen molar-refractivity contribution in [3.8, 4) is 10.6 Å². The molecule has 0 bridgehead atoms. The van der Waals surface area contributed by atoms with Crippen molar-refractivity contribution in [3.05, 3.63) is 48.4 Å². The van der Waals surface area contributed by atoms with E-state index in [9.17, 15) is 0 Å². The van der Waals surface area contributed by atoms with E-state index < -0.39 is 0 Å². The number of thiazole rings is 1. The molecule has 0 amide bonds. The number of piperidine rings is 1. The lowest BCUT2D eigenvalue weighted by Crippen LogP contribution is -2.40. The minimum atomic E-state index is 0.419. The van der Waals surface area contributed by atoms with Gasteiger partial charge in [-0.25, -0.2) is 9.97 Å². The van der Waals surface area contributed by atoms with Crippen molar-refractivity contribution in [2.45, 2.75) is 26.2 Å². The van der Waals surface area contributed by atoms with Crippen LogP contribution in [-0.4, -0.2) is 41.3 Å². The van der Waals surface area contributed by atoms with Crippen molar-refractivity contribution in [1.29, 1.82) is 0 Å².